The minimum absolute atomic E-state index is 0.0712. The maximum absolute atomic E-state index is 12.3. The molecule has 0 N–H and O–H groups in total. The van der Waals surface area contributed by atoms with E-state index >= 15 is 0 Å². The monoisotopic (exact) mass is 343 g/mol. The van der Waals surface area contributed by atoms with Crippen LogP contribution in [-0.2, 0) is 4.79 Å². The molecule has 124 valence electrons. The van der Waals surface area contributed by atoms with Crippen molar-refractivity contribution in [2.75, 3.05) is 39.6 Å². The molecule has 0 bridgehead atoms. The molecule has 1 aromatic carbocycles. The van der Waals surface area contributed by atoms with Crippen LogP contribution in [-0.4, -0.2) is 51.3 Å². The van der Waals surface area contributed by atoms with Crippen LogP contribution >= 0.6 is 11.6 Å². The maximum atomic E-state index is 12.3. The Bertz CT molecular complexity index is 839. The number of fused-ring (bicyclic) bond motifs is 1. The maximum Gasteiger partial charge on any atom is 0.248 e. The molecule has 0 saturated heterocycles. The van der Waals surface area contributed by atoms with Crippen LogP contribution in [0.4, 0.5) is 11.5 Å². The summed E-state index contributed by atoms with van der Waals surface area (Å²) in [6.45, 7) is 0.0765. The molecule has 0 spiro atoms. The molecule has 1 aliphatic rings. The zero-order valence-corrected chi connectivity index (χ0v) is 15.0. The molecule has 24 heavy (non-hydrogen) atoms. The van der Waals surface area contributed by atoms with Gasteiger partial charge in [0, 0.05) is 18.7 Å². The Labute approximate surface area is 146 Å². The lowest BCUT2D eigenvalue weighted by molar-refractivity contribution is -0.116. The molecule has 2 aromatic rings. The SMILES string of the molecule is CN1C(=O)CN=C(c2ccccc2Cl)c2nc([N+](C)(C)C)ccc21. The van der Waals surface area contributed by atoms with E-state index in [9.17, 15) is 4.79 Å². The second kappa shape index (κ2) is 6.00. The van der Waals surface area contributed by atoms with Gasteiger partial charge in [-0.2, -0.15) is 4.98 Å². The highest BCUT2D eigenvalue weighted by atomic mass is 35.5. The largest absolute Gasteiger partial charge is 0.312 e. The number of hydrogen-bond donors (Lipinski definition) is 0. The van der Waals surface area contributed by atoms with Crippen molar-refractivity contribution < 1.29 is 4.79 Å². The van der Waals surface area contributed by atoms with Gasteiger partial charge in [0.05, 0.1) is 37.6 Å². The Kier molecular flexibility index (Phi) is 4.15. The Hall–Kier alpha value is -2.24. The molecular formula is C18H20ClN4O+. The highest BCUT2D eigenvalue weighted by Crippen LogP contribution is 2.30. The van der Waals surface area contributed by atoms with Crippen molar-refractivity contribution in [3.8, 4) is 0 Å². The lowest BCUT2D eigenvalue weighted by Gasteiger charge is -2.24. The van der Waals surface area contributed by atoms with Crippen molar-refractivity contribution in [1.29, 1.82) is 0 Å². The van der Waals surface area contributed by atoms with E-state index in [0.29, 0.717) is 20.9 Å². The van der Waals surface area contributed by atoms with Gasteiger partial charge in [-0.1, -0.05) is 29.8 Å². The number of pyridine rings is 1. The second-order valence-corrected chi connectivity index (χ2v) is 7.05. The lowest BCUT2D eigenvalue weighted by atomic mass is 10.0. The van der Waals surface area contributed by atoms with Crippen LogP contribution in [0.15, 0.2) is 41.4 Å². The summed E-state index contributed by atoms with van der Waals surface area (Å²) in [5, 5.41) is 0.594. The van der Waals surface area contributed by atoms with Crippen LogP contribution in [0.1, 0.15) is 11.3 Å². The van der Waals surface area contributed by atoms with Crippen molar-refractivity contribution in [3.05, 3.63) is 52.7 Å². The number of aromatic nitrogens is 1. The van der Waals surface area contributed by atoms with Crippen LogP contribution in [0.5, 0.6) is 0 Å². The van der Waals surface area contributed by atoms with E-state index in [0.717, 1.165) is 17.1 Å². The zero-order valence-electron chi connectivity index (χ0n) is 14.2. The number of anilines is 1. The molecule has 1 amide bonds. The predicted molar refractivity (Wildman–Crippen MR) is 99.2 cm³/mol. The summed E-state index contributed by atoms with van der Waals surface area (Å²) in [5.41, 5.74) is 2.87. The topological polar surface area (TPSA) is 45.6 Å². The first-order valence-electron chi connectivity index (χ1n) is 7.68. The van der Waals surface area contributed by atoms with Gasteiger partial charge in [-0.3, -0.25) is 14.3 Å². The number of likely N-dealkylation sites (N-methyl/N-ethyl adjacent to an activating group) is 1. The van der Waals surface area contributed by atoms with Crippen LogP contribution in [0.2, 0.25) is 5.02 Å². The van der Waals surface area contributed by atoms with E-state index in [1.165, 1.54) is 0 Å². The summed E-state index contributed by atoms with van der Waals surface area (Å²) in [6, 6.07) is 11.4. The molecule has 3 rings (SSSR count). The van der Waals surface area contributed by atoms with E-state index in [-0.39, 0.29) is 12.5 Å². The van der Waals surface area contributed by atoms with Crippen LogP contribution in [0.25, 0.3) is 0 Å². The number of hydrogen-bond acceptors (Lipinski definition) is 3. The molecule has 6 heteroatoms. The molecular weight excluding hydrogens is 324 g/mol. The van der Waals surface area contributed by atoms with E-state index in [1.54, 1.807) is 11.9 Å². The number of rotatable bonds is 2. The van der Waals surface area contributed by atoms with Crippen molar-refractivity contribution in [2.45, 2.75) is 0 Å². The molecule has 0 atom stereocenters. The van der Waals surface area contributed by atoms with Gasteiger partial charge in [-0.25, -0.2) is 0 Å². The fourth-order valence-corrected chi connectivity index (χ4v) is 2.81. The van der Waals surface area contributed by atoms with E-state index in [2.05, 4.69) is 4.99 Å². The highest BCUT2D eigenvalue weighted by Gasteiger charge is 2.27. The Morgan fingerprint density at radius 1 is 1.12 bits per heavy atom. The normalized spacial score (nSPS) is 15.0. The first-order valence-corrected chi connectivity index (χ1v) is 8.06. The molecule has 0 fully saturated rings. The Morgan fingerprint density at radius 2 is 1.83 bits per heavy atom. The van der Waals surface area contributed by atoms with E-state index in [4.69, 9.17) is 16.6 Å². The highest BCUT2D eigenvalue weighted by molar-refractivity contribution is 6.36. The summed E-state index contributed by atoms with van der Waals surface area (Å²) >= 11 is 6.37. The number of benzene rings is 1. The quantitative estimate of drug-likeness (QED) is 0.787. The molecule has 2 heterocycles. The zero-order chi connectivity index (χ0) is 17.5. The van der Waals surface area contributed by atoms with Gasteiger partial charge in [-0.15, -0.1) is 0 Å². The minimum atomic E-state index is -0.0712. The summed E-state index contributed by atoms with van der Waals surface area (Å²) in [6.07, 6.45) is 0. The van der Waals surface area contributed by atoms with Gasteiger partial charge < -0.3 is 4.90 Å². The third-order valence-electron chi connectivity index (χ3n) is 4.01. The lowest BCUT2D eigenvalue weighted by Crippen LogP contribution is -2.36. The van der Waals surface area contributed by atoms with Crippen molar-refractivity contribution >= 4 is 34.7 Å². The Balaban J connectivity index is 2.27. The number of nitrogens with zero attached hydrogens (tertiary/aromatic N) is 4. The predicted octanol–water partition coefficient (Wildman–Crippen LogP) is 2.75. The third-order valence-corrected chi connectivity index (χ3v) is 4.34. The van der Waals surface area contributed by atoms with Crippen molar-refractivity contribution in [1.82, 2.24) is 9.47 Å². The van der Waals surface area contributed by atoms with Crippen molar-refractivity contribution in [2.24, 2.45) is 4.99 Å². The molecule has 0 radical (unpaired) electrons. The minimum Gasteiger partial charge on any atom is -0.312 e. The van der Waals surface area contributed by atoms with E-state index < -0.39 is 0 Å². The second-order valence-electron chi connectivity index (χ2n) is 6.65. The summed E-state index contributed by atoms with van der Waals surface area (Å²) in [5.74, 6) is 0.814. The molecule has 1 aromatic heterocycles. The van der Waals surface area contributed by atoms with Crippen LogP contribution in [0.3, 0.4) is 0 Å². The van der Waals surface area contributed by atoms with Crippen molar-refractivity contribution in [3.63, 3.8) is 0 Å². The van der Waals surface area contributed by atoms with Crippen LogP contribution < -0.4 is 9.38 Å². The molecule has 0 aliphatic carbocycles. The van der Waals surface area contributed by atoms with Gasteiger partial charge in [0.25, 0.3) is 0 Å². The van der Waals surface area contributed by atoms with E-state index in [1.807, 2.05) is 57.5 Å². The fraction of sp³-hybridized carbons (Fsp3) is 0.278. The number of carbonyl (C=O) groups excluding carboxylic acids is 1. The standard InChI is InChI=1S/C18H20ClN4O/c1-22-14-9-10-15(23(2,3)4)21-18(14)17(20-11-16(22)24)12-7-5-6-8-13(12)19/h5-10H,11H2,1-4H3/q+1. The third kappa shape index (κ3) is 2.92. The first-order chi connectivity index (χ1) is 11.3. The molecule has 0 saturated carbocycles. The van der Waals surface area contributed by atoms with Gasteiger partial charge in [-0.05, 0) is 12.1 Å². The molecule has 0 unspecified atom stereocenters. The number of halogens is 1. The van der Waals surface area contributed by atoms with Crippen LogP contribution in [0, 0.1) is 0 Å². The average molecular weight is 344 g/mol. The summed E-state index contributed by atoms with van der Waals surface area (Å²) < 4.78 is 0.570. The average Bonchev–Trinajstić information content (AvgIpc) is 2.65. The summed E-state index contributed by atoms with van der Waals surface area (Å²) in [4.78, 5) is 23.2. The molecule has 1 aliphatic heterocycles. The van der Waals surface area contributed by atoms with Gasteiger partial charge in [0.15, 0.2) is 0 Å². The smallest absolute Gasteiger partial charge is 0.248 e. The first kappa shape index (κ1) is 16.6. The summed E-state index contributed by atoms with van der Waals surface area (Å²) in [7, 11) is 7.89. The number of quaternary nitrogens is 1. The number of amides is 1. The number of aliphatic imine (C=N–C) groups is 1. The molecule has 5 nitrogen and oxygen atoms in total. The van der Waals surface area contributed by atoms with Gasteiger partial charge in [0.1, 0.15) is 12.2 Å². The van der Waals surface area contributed by atoms with Gasteiger partial charge >= 0.3 is 0 Å². The van der Waals surface area contributed by atoms with Gasteiger partial charge in [0.2, 0.25) is 11.7 Å². The Morgan fingerprint density at radius 3 is 2.50 bits per heavy atom. The number of carbonyl (C=O) groups is 1. The fourth-order valence-electron chi connectivity index (χ4n) is 2.59.